The van der Waals surface area contributed by atoms with Gasteiger partial charge in [0, 0.05) is 32.4 Å². The summed E-state index contributed by atoms with van der Waals surface area (Å²) in [4.78, 5) is 22.5. The van der Waals surface area contributed by atoms with E-state index in [9.17, 15) is 4.79 Å². The molecule has 5 rings (SSSR count). The number of aromatic nitrogens is 4. The van der Waals surface area contributed by atoms with Crippen LogP contribution >= 0.6 is 11.9 Å². The molecule has 8 heteroatoms. The van der Waals surface area contributed by atoms with E-state index in [1.807, 2.05) is 10.9 Å². The fraction of sp³-hybridized carbons (Fsp3) is 0.476. The van der Waals surface area contributed by atoms with E-state index in [1.54, 1.807) is 11.9 Å². The SMILES string of the molecule is CSN1CCN(c2nc3nn(-c4c(C)cc(C5CC5)cc4C)cc3c(=O)[nH]2)CC1. The molecule has 1 aliphatic carbocycles. The summed E-state index contributed by atoms with van der Waals surface area (Å²) in [5.74, 6) is 1.34. The van der Waals surface area contributed by atoms with E-state index >= 15 is 0 Å². The highest BCUT2D eigenvalue weighted by Crippen LogP contribution is 2.41. The molecule has 2 fully saturated rings. The summed E-state index contributed by atoms with van der Waals surface area (Å²) in [6.07, 6.45) is 6.48. The van der Waals surface area contributed by atoms with Gasteiger partial charge in [0.15, 0.2) is 5.65 Å². The van der Waals surface area contributed by atoms with Gasteiger partial charge in [-0.25, -0.2) is 8.99 Å². The van der Waals surface area contributed by atoms with Crippen molar-refractivity contribution in [1.82, 2.24) is 24.1 Å². The molecule has 1 saturated carbocycles. The summed E-state index contributed by atoms with van der Waals surface area (Å²) in [6, 6.07) is 4.53. The number of H-pyrrole nitrogens is 1. The standard InChI is InChI=1S/C21H26N6OS/c1-13-10-16(15-4-5-15)11-14(2)18(13)27-12-17-19(24-27)22-21(23-20(17)28)25-6-8-26(29-3)9-7-25/h10-12,15H,4-9H2,1-3H3,(H,22,23,24,28). The molecule has 0 atom stereocenters. The van der Waals surface area contributed by atoms with Gasteiger partial charge in [0.2, 0.25) is 5.95 Å². The first kappa shape index (κ1) is 18.7. The molecular weight excluding hydrogens is 384 g/mol. The van der Waals surface area contributed by atoms with Crippen molar-refractivity contribution in [3.63, 3.8) is 0 Å². The second-order valence-corrected chi connectivity index (χ2v) is 8.96. The lowest BCUT2D eigenvalue weighted by Crippen LogP contribution is -2.44. The fourth-order valence-corrected chi connectivity index (χ4v) is 4.78. The number of hydrogen-bond acceptors (Lipinski definition) is 6. The van der Waals surface area contributed by atoms with Crippen molar-refractivity contribution < 1.29 is 0 Å². The summed E-state index contributed by atoms with van der Waals surface area (Å²) in [6.45, 7) is 7.82. The van der Waals surface area contributed by atoms with Gasteiger partial charge < -0.3 is 4.90 Å². The van der Waals surface area contributed by atoms with Gasteiger partial charge >= 0.3 is 0 Å². The van der Waals surface area contributed by atoms with Crippen LogP contribution in [-0.2, 0) is 0 Å². The molecule has 1 aliphatic heterocycles. The number of benzene rings is 1. The second-order valence-electron chi connectivity index (χ2n) is 8.08. The monoisotopic (exact) mass is 410 g/mol. The van der Waals surface area contributed by atoms with Gasteiger partial charge in [-0.2, -0.15) is 4.98 Å². The van der Waals surface area contributed by atoms with Gasteiger partial charge in [0.05, 0.1) is 5.69 Å². The fourth-order valence-electron chi connectivity index (χ4n) is 4.25. The van der Waals surface area contributed by atoms with Crippen molar-refractivity contribution in [3.8, 4) is 5.69 Å². The molecule has 0 amide bonds. The van der Waals surface area contributed by atoms with E-state index in [1.165, 1.54) is 29.5 Å². The van der Waals surface area contributed by atoms with Crippen LogP contribution in [0.2, 0.25) is 0 Å². The van der Waals surface area contributed by atoms with Crippen molar-refractivity contribution in [3.05, 3.63) is 45.4 Å². The van der Waals surface area contributed by atoms with E-state index < -0.39 is 0 Å². The molecule has 1 N–H and O–H groups in total. The van der Waals surface area contributed by atoms with Crippen molar-refractivity contribution in [1.29, 1.82) is 0 Å². The first-order chi connectivity index (χ1) is 14.0. The first-order valence-electron chi connectivity index (χ1n) is 10.2. The zero-order valence-electron chi connectivity index (χ0n) is 17.1. The Morgan fingerprint density at radius 3 is 2.41 bits per heavy atom. The predicted molar refractivity (Wildman–Crippen MR) is 118 cm³/mol. The Bertz CT molecular complexity index is 1100. The number of rotatable bonds is 4. The summed E-state index contributed by atoms with van der Waals surface area (Å²) >= 11 is 1.76. The minimum absolute atomic E-state index is 0.131. The number of aromatic amines is 1. The second kappa shape index (κ2) is 7.18. The Morgan fingerprint density at radius 2 is 1.79 bits per heavy atom. The smallest absolute Gasteiger partial charge is 0.263 e. The van der Waals surface area contributed by atoms with Crippen molar-refractivity contribution in [2.75, 3.05) is 37.3 Å². The minimum Gasteiger partial charge on any atom is -0.340 e. The van der Waals surface area contributed by atoms with Crippen LogP contribution in [0, 0.1) is 13.8 Å². The molecule has 1 aromatic carbocycles. The number of fused-ring (bicyclic) bond motifs is 1. The molecule has 3 aromatic rings. The highest BCUT2D eigenvalue weighted by molar-refractivity contribution is 7.96. The van der Waals surface area contributed by atoms with Crippen molar-refractivity contribution in [2.24, 2.45) is 0 Å². The predicted octanol–water partition coefficient (Wildman–Crippen LogP) is 3.00. The van der Waals surface area contributed by atoms with E-state index in [2.05, 4.69) is 56.5 Å². The van der Waals surface area contributed by atoms with Gasteiger partial charge in [-0.15, -0.1) is 5.10 Å². The maximum absolute atomic E-state index is 12.7. The average Bonchev–Trinajstić information content (AvgIpc) is 3.47. The average molecular weight is 411 g/mol. The molecular formula is C21H26N6OS. The number of nitrogens with zero attached hydrogens (tertiary/aromatic N) is 5. The molecule has 3 heterocycles. The molecule has 0 spiro atoms. The Kier molecular flexibility index (Phi) is 4.63. The highest BCUT2D eigenvalue weighted by atomic mass is 32.2. The minimum atomic E-state index is -0.131. The molecule has 29 heavy (non-hydrogen) atoms. The highest BCUT2D eigenvalue weighted by Gasteiger charge is 2.25. The van der Waals surface area contributed by atoms with Crippen LogP contribution in [0.1, 0.15) is 35.4 Å². The molecule has 7 nitrogen and oxygen atoms in total. The number of nitrogens with one attached hydrogen (secondary N) is 1. The lowest BCUT2D eigenvalue weighted by atomic mass is 10.0. The van der Waals surface area contributed by atoms with E-state index in [0.29, 0.717) is 17.0 Å². The maximum Gasteiger partial charge on any atom is 0.263 e. The van der Waals surface area contributed by atoms with Gasteiger partial charge in [-0.1, -0.05) is 24.1 Å². The van der Waals surface area contributed by atoms with Crippen LogP contribution in [0.4, 0.5) is 5.95 Å². The molecule has 152 valence electrons. The zero-order valence-corrected chi connectivity index (χ0v) is 17.9. The summed E-state index contributed by atoms with van der Waals surface area (Å²) < 4.78 is 4.14. The largest absolute Gasteiger partial charge is 0.340 e. The molecule has 0 radical (unpaired) electrons. The van der Waals surface area contributed by atoms with E-state index in [-0.39, 0.29) is 5.56 Å². The molecule has 2 aliphatic rings. The topological polar surface area (TPSA) is 70.1 Å². The lowest BCUT2D eigenvalue weighted by molar-refractivity contribution is 0.427. The summed E-state index contributed by atoms with van der Waals surface area (Å²) in [5.41, 5.74) is 5.20. The van der Waals surface area contributed by atoms with Crippen LogP contribution in [-0.4, -0.2) is 56.5 Å². The van der Waals surface area contributed by atoms with Crippen LogP contribution in [0.15, 0.2) is 23.1 Å². The van der Waals surface area contributed by atoms with Crippen molar-refractivity contribution >= 4 is 28.9 Å². The molecule has 2 aromatic heterocycles. The van der Waals surface area contributed by atoms with E-state index in [0.717, 1.165) is 37.8 Å². The van der Waals surface area contributed by atoms with Crippen molar-refractivity contribution in [2.45, 2.75) is 32.6 Å². The van der Waals surface area contributed by atoms with Crippen LogP contribution < -0.4 is 10.5 Å². The van der Waals surface area contributed by atoms with Gasteiger partial charge in [-0.05, 0) is 55.6 Å². The number of hydrogen-bond donors (Lipinski definition) is 1. The number of aryl methyl sites for hydroxylation is 2. The molecule has 0 bridgehead atoms. The van der Waals surface area contributed by atoms with Gasteiger partial charge in [0.1, 0.15) is 5.39 Å². The first-order valence-corrected chi connectivity index (χ1v) is 11.4. The quantitative estimate of drug-likeness (QED) is 0.667. The normalized spacial score (nSPS) is 18.0. The van der Waals surface area contributed by atoms with Crippen LogP contribution in [0.5, 0.6) is 0 Å². The zero-order chi connectivity index (χ0) is 20.1. The van der Waals surface area contributed by atoms with E-state index in [4.69, 9.17) is 0 Å². The Hall–Kier alpha value is -2.32. The third-order valence-electron chi connectivity index (χ3n) is 5.96. The third-order valence-corrected chi connectivity index (χ3v) is 6.85. The third kappa shape index (κ3) is 3.44. The van der Waals surface area contributed by atoms with Gasteiger partial charge in [-0.3, -0.25) is 9.78 Å². The summed E-state index contributed by atoms with van der Waals surface area (Å²) in [5, 5.41) is 5.22. The summed E-state index contributed by atoms with van der Waals surface area (Å²) in [7, 11) is 0. The number of piperazine rings is 1. The molecule has 0 unspecified atom stereocenters. The van der Waals surface area contributed by atoms with Gasteiger partial charge in [0.25, 0.3) is 5.56 Å². The number of anilines is 1. The van der Waals surface area contributed by atoms with Crippen LogP contribution in [0.25, 0.3) is 16.7 Å². The Morgan fingerprint density at radius 1 is 1.10 bits per heavy atom. The molecule has 1 saturated heterocycles. The Balaban J connectivity index is 1.51. The lowest BCUT2D eigenvalue weighted by Gasteiger charge is -2.33. The maximum atomic E-state index is 12.7. The van der Waals surface area contributed by atoms with Crippen LogP contribution in [0.3, 0.4) is 0 Å². The Labute approximate surface area is 174 Å².